The molecule has 0 N–H and O–H groups in total. The second-order valence-electron chi connectivity index (χ2n) is 8.57. The Kier molecular flexibility index (Phi) is 7.30. The number of piperidine rings is 1. The summed E-state index contributed by atoms with van der Waals surface area (Å²) in [7, 11) is 0. The Bertz CT molecular complexity index is 821. The van der Waals surface area contributed by atoms with Gasteiger partial charge >= 0.3 is 6.09 Å². The number of carbonyl (C=O) groups is 2. The second kappa shape index (κ2) is 9.40. The minimum Gasteiger partial charge on any atom is -0.444 e. The summed E-state index contributed by atoms with van der Waals surface area (Å²) >= 11 is 12.2. The third kappa shape index (κ3) is 5.26. The molecule has 2 heterocycles. The van der Waals surface area contributed by atoms with Gasteiger partial charge in [0, 0.05) is 31.6 Å². The minimum absolute atomic E-state index is 0.0304. The van der Waals surface area contributed by atoms with Crippen LogP contribution in [0.15, 0.2) is 12.1 Å². The Morgan fingerprint density at radius 3 is 2.60 bits per heavy atom. The van der Waals surface area contributed by atoms with Gasteiger partial charge in [-0.2, -0.15) is 0 Å². The van der Waals surface area contributed by atoms with Crippen LogP contribution in [0.4, 0.5) is 8.68 Å². The number of hydrogen-bond acceptors (Lipinski definition) is 5. The lowest BCUT2D eigenvalue weighted by Crippen LogP contribution is -2.47. The van der Waals surface area contributed by atoms with Crippen molar-refractivity contribution in [1.29, 1.82) is 0 Å². The van der Waals surface area contributed by atoms with Crippen LogP contribution in [0, 0.1) is 0 Å². The fourth-order valence-corrected chi connectivity index (χ4v) is 4.69. The number of carbonyl (C=O) groups excluding carboxylic acids is 2. The van der Waals surface area contributed by atoms with E-state index in [2.05, 4.69) is 0 Å². The molecule has 2 unspecified atom stereocenters. The maximum absolute atomic E-state index is 12.9. The van der Waals surface area contributed by atoms with E-state index in [0.717, 1.165) is 0 Å². The van der Waals surface area contributed by atoms with Gasteiger partial charge in [-0.05, 0) is 51.7 Å². The summed E-state index contributed by atoms with van der Waals surface area (Å²) in [5.41, 5.74) is 0.00107. The molecule has 2 fully saturated rings. The summed E-state index contributed by atoms with van der Waals surface area (Å²) in [6.45, 7) is 7.00. The second-order valence-corrected chi connectivity index (χ2v) is 9.64. The van der Waals surface area contributed by atoms with Gasteiger partial charge in [0.15, 0.2) is 0 Å². The topological polar surface area (TPSA) is 59.1 Å². The van der Waals surface area contributed by atoms with Gasteiger partial charge in [-0.1, -0.05) is 23.2 Å². The van der Waals surface area contributed by atoms with Gasteiger partial charge in [-0.3, -0.25) is 4.79 Å². The first-order valence-electron chi connectivity index (χ1n) is 9.81. The van der Waals surface area contributed by atoms with E-state index < -0.39 is 5.60 Å². The summed E-state index contributed by atoms with van der Waals surface area (Å²) < 4.78 is 23.1. The van der Waals surface area contributed by atoms with Crippen LogP contribution in [0.2, 0.25) is 10.0 Å². The van der Waals surface area contributed by atoms with Gasteiger partial charge in [0.25, 0.3) is 12.4 Å². The van der Waals surface area contributed by atoms with Crippen LogP contribution in [0.25, 0.3) is 0 Å². The predicted octanol–water partition coefficient (Wildman–Crippen LogP) is 5.62. The molecule has 3 rings (SSSR count). The van der Waals surface area contributed by atoms with Crippen molar-refractivity contribution in [1.82, 2.24) is 9.80 Å². The largest absolute Gasteiger partial charge is 0.444 e. The zero-order valence-electron chi connectivity index (χ0n) is 17.1. The maximum atomic E-state index is 12.9. The van der Waals surface area contributed by atoms with Crippen molar-refractivity contribution < 1.29 is 22.4 Å². The molecule has 0 radical (unpaired) electrons. The Balaban J connectivity index is 1.66. The van der Waals surface area contributed by atoms with Crippen molar-refractivity contribution in [3.63, 3.8) is 0 Å². The number of halogens is 3. The van der Waals surface area contributed by atoms with Gasteiger partial charge in [-0.25, -0.2) is 4.79 Å². The third-order valence-electron chi connectivity index (χ3n) is 5.34. The first-order chi connectivity index (χ1) is 14.1. The number of amides is 2. The van der Waals surface area contributed by atoms with Crippen molar-refractivity contribution in [3.05, 3.63) is 27.7 Å². The first-order valence-corrected chi connectivity index (χ1v) is 11.2. The van der Waals surface area contributed by atoms with Gasteiger partial charge in [0.05, 0.1) is 16.1 Å². The van der Waals surface area contributed by atoms with E-state index >= 15 is 0 Å². The van der Waals surface area contributed by atoms with Crippen LogP contribution in [0.1, 0.15) is 51.5 Å². The molecular weight excluding hydrogens is 454 g/mol. The molecule has 2 aliphatic rings. The molecule has 0 bridgehead atoms. The molecule has 1 aromatic carbocycles. The van der Waals surface area contributed by atoms with Gasteiger partial charge in [-0.15, -0.1) is 3.89 Å². The van der Waals surface area contributed by atoms with Gasteiger partial charge < -0.3 is 18.7 Å². The highest BCUT2D eigenvalue weighted by Crippen LogP contribution is 2.44. The van der Waals surface area contributed by atoms with Crippen molar-refractivity contribution in [3.8, 4) is 5.75 Å². The molecule has 2 saturated heterocycles. The predicted molar refractivity (Wildman–Crippen MR) is 116 cm³/mol. The molecule has 1 aromatic rings. The van der Waals surface area contributed by atoms with E-state index in [4.69, 9.17) is 32.1 Å². The van der Waals surface area contributed by atoms with Crippen LogP contribution in [-0.2, 0) is 9.53 Å². The maximum Gasteiger partial charge on any atom is 0.410 e. The van der Waals surface area contributed by atoms with Crippen molar-refractivity contribution >= 4 is 47.6 Å². The smallest absolute Gasteiger partial charge is 0.410 e. The highest BCUT2D eigenvalue weighted by Gasteiger charge is 2.38. The molecule has 6 nitrogen and oxygen atoms in total. The van der Waals surface area contributed by atoms with Gasteiger partial charge in [0.1, 0.15) is 11.4 Å². The quantitative estimate of drug-likeness (QED) is 0.525. The van der Waals surface area contributed by atoms with Crippen LogP contribution in [0.5, 0.6) is 5.75 Å². The summed E-state index contributed by atoms with van der Waals surface area (Å²) in [4.78, 5) is 28.7. The van der Waals surface area contributed by atoms with Crippen molar-refractivity contribution in [2.24, 2.45) is 0 Å². The van der Waals surface area contributed by atoms with E-state index in [-0.39, 0.29) is 53.6 Å². The summed E-state index contributed by atoms with van der Waals surface area (Å²) in [5.74, 6) is 0.0303. The zero-order chi connectivity index (χ0) is 22.1. The van der Waals surface area contributed by atoms with Crippen molar-refractivity contribution in [2.45, 2.75) is 57.6 Å². The fraction of sp³-hybridized carbons (Fsp3) is 0.600. The molecule has 2 atom stereocenters. The third-order valence-corrected chi connectivity index (χ3v) is 6.40. The number of benzene rings is 1. The molecule has 166 valence electrons. The van der Waals surface area contributed by atoms with E-state index in [1.807, 2.05) is 25.7 Å². The molecule has 0 aliphatic carbocycles. The molecule has 0 aromatic heterocycles. The van der Waals surface area contributed by atoms with E-state index in [1.165, 1.54) is 0 Å². The van der Waals surface area contributed by atoms with E-state index in [0.29, 0.717) is 43.1 Å². The highest BCUT2D eigenvalue weighted by atomic mass is 35.5. The standard InChI is InChI=1S/C20H25Cl2FN2O4S/c1-20(2,3)28-19(27)24-8-7-13(11-24)25-9-6-12(10-16(25)26)17-15(29-30-23)5-4-14(21)18(17)22/h4-5,12-13H,6-11H2,1-3H3. The lowest BCUT2D eigenvalue weighted by Gasteiger charge is -2.36. The normalized spacial score (nSPS) is 22.4. The van der Waals surface area contributed by atoms with E-state index in [1.54, 1.807) is 17.0 Å². The fourth-order valence-electron chi connectivity index (χ4n) is 4.01. The van der Waals surface area contributed by atoms with Crippen LogP contribution in [0.3, 0.4) is 0 Å². The molecule has 0 saturated carbocycles. The minimum atomic E-state index is -0.558. The number of nitrogens with zero attached hydrogens (tertiary/aromatic N) is 2. The Hall–Kier alpha value is -1.38. The monoisotopic (exact) mass is 478 g/mol. The number of hydrogen-bond donors (Lipinski definition) is 0. The Morgan fingerprint density at radius 1 is 1.23 bits per heavy atom. The lowest BCUT2D eigenvalue weighted by molar-refractivity contribution is -0.136. The van der Waals surface area contributed by atoms with E-state index in [9.17, 15) is 13.5 Å². The zero-order valence-corrected chi connectivity index (χ0v) is 19.4. The lowest BCUT2D eigenvalue weighted by atomic mass is 9.87. The SMILES string of the molecule is CC(C)(C)OC(=O)N1CCC(N2CCC(c3c(OSF)ccc(Cl)c3Cl)CC2=O)C1. The molecule has 30 heavy (non-hydrogen) atoms. The molecule has 0 spiro atoms. The first kappa shape index (κ1) is 23.3. The summed E-state index contributed by atoms with van der Waals surface area (Å²) in [6.07, 6.45) is 1.21. The Morgan fingerprint density at radius 2 is 1.97 bits per heavy atom. The van der Waals surface area contributed by atoms with Crippen LogP contribution in [-0.4, -0.2) is 53.1 Å². The number of likely N-dealkylation sites (tertiary alicyclic amines) is 2. The molecule has 2 amide bonds. The average molecular weight is 479 g/mol. The van der Waals surface area contributed by atoms with Gasteiger partial charge in [0.2, 0.25) is 5.91 Å². The molecular formula is C20H25Cl2FN2O4S. The average Bonchev–Trinajstić information content (AvgIpc) is 3.14. The Labute approximate surface area is 190 Å². The van der Waals surface area contributed by atoms with Crippen LogP contribution >= 0.6 is 35.6 Å². The molecule has 2 aliphatic heterocycles. The van der Waals surface area contributed by atoms with Crippen LogP contribution < -0.4 is 4.18 Å². The molecule has 10 heteroatoms. The van der Waals surface area contributed by atoms with Crippen molar-refractivity contribution in [2.75, 3.05) is 19.6 Å². The summed E-state index contributed by atoms with van der Waals surface area (Å²) in [6, 6.07) is 3.06. The number of rotatable bonds is 4. The summed E-state index contributed by atoms with van der Waals surface area (Å²) in [5, 5.41) is 0.619. The highest BCUT2D eigenvalue weighted by molar-refractivity contribution is 7.89. The number of ether oxygens (including phenoxy) is 1.